The monoisotopic (exact) mass is 509 g/mol. The van der Waals surface area contributed by atoms with E-state index in [1.165, 1.54) is 23.1 Å². The Morgan fingerprint density at radius 1 is 0.973 bits per heavy atom. The van der Waals surface area contributed by atoms with E-state index in [-0.39, 0.29) is 23.4 Å². The number of halogens is 3. The average Bonchev–Trinajstić information content (AvgIpc) is 3.36. The third-order valence-electron chi connectivity index (χ3n) is 7.91. The van der Waals surface area contributed by atoms with Crippen LogP contribution in [0.4, 0.5) is 13.2 Å². The van der Waals surface area contributed by atoms with Gasteiger partial charge in [-0.2, -0.15) is 0 Å². The molecule has 1 atom stereocenters. The number of H-pyrrole nitrogens is 1. The predicted molar refractivity (Wildman–Crippen MR) is 136 cm³/mol. The van der Waals surface area contributed by atoms with Gasteiger partial charge in [0, 0.05) is 36.3 Å². The van der Waals surface area contributed by atoms with Crippen LogP contribution < -0.4 is 0 Å². The number of benzene rings is 2. The molecule has 8 heteroatoms. The van der Waals surface area contributed by atoms with Crippen LogP contribution in [0.3, 0.4) is 0 Å². The molecule has 2 aromatic carbocycles. The molecule has 37 heavy (non-hydrogen) atoms. The zero-order valence-electron chi connectivity index (χ0n) is 20.5. The fraction of sp³-hybridized carbons (Fsp3) is 0.379. The Kier molecular flexibility index (Phi) is 7.46. The molecule has 0 saturated carbocycles. The van der Waals surface area contributed by atoms with Gasteiger partial charge in [-0.15, -0.1) is 0 Å². The topological polar surface area (TPSA) is 56.4 Å². The largest absolute Gasteiger partial charge is 0.361 e. The van der Waals surface area contributed by atoms with Crippen LogP contribution in [0.1, 0.15) is 42.7 Å². The molecule has 1 N–H and O–H groups in total. The van der Waals surface area contributed by atoms with Crippen molar-refractivity contribution < 1.29 is 22.8 Å². The lowest BCUT2D eigenvalue weighted by atomic mass is 9.85. The van der Waals surface area contributed by atoms with Gasteiger partial charge in [0.1, 0.15) is 6.29 Å². The highest BCUT2D eigenvalue weighted by atomic mass is 19.2. The number of hydrogen-bond donors (Lipinski definition) is 1. The standard InChI is InChI=1S/C29H30F3N3O2/c30-24-15-19(16-25(31)29(24)32)5-6-28(37)35-13-9-21(10-14-35)27(18-36)34-11-7-20(8-12-34)23-17-33-26-4-2-1-3-22(23)26/h1-6,15-18,20-21,27,33H,7-14H2/b6-5+/t27-/m1/s1. The number of carbonyl (C=O) groups excluding carboxylic acids is 2. The Morgan fingerprint density at radius 2 is 1.65 bits per heavy atom. The lowest BCUT2D eigenvalue weighted by Gasteiger charge is -2.41. The molecule has 5 rings (SSSR count). The van der Waals surface area contributed by atoms with E-state index in [0.717, 1.165) is 49.9 Å². The molecule has 3 aromatic rings. The number of aldehydes is 1. The molecule has 1 amide bonds. The maximum atomic E-state index is 13.4. The first-order chi connectivity index (χ1) is 17.9. The molecule has 2 fully saturated rings. The number of para-hydroxylation sites is 1. The highest BCUT2D eigenvalue weighted by Gasteiger charge is 2.34. The van der Waals surface area contributed by atoms with Gasteiger partial charge in [0.2, 0.25) is 5.91 Å². The van der Waals surface area contributed by atoms with E-state index in [0.29, 0.717) is 31.8 Å². The van der Waals surface area contributed by atoms with Gasteiger partial charge < -0.3 is 14.7 Å². The Morgan fingerprint density at radius 3 is 2.32 bits per heavy atom. The van der Waals surface area contributed by atoms with E-state index in [2.05, 4.69) is 34.3 Å². The van der Waals surface area contributed by atoms with Crippen molar-refractivity contribution in [2.24, 2.45) is 5.92 Å². The van der Waals surface area contributed by atoms with Crippen molar-refractivity contribution >= 4 is 29.2 Å². The summed E-state index contributed by atoms with van der Waals surface area (Å²) in [6, 6.07) is 9.88. The number of likely N-dealkylation sites (tertiary alicyclic amines) is 2. The van der Waals surface area contributed by atoms with Crippen molar-refractivity contribution in [2.75, 3.05) is 26.2 Å². The fourth-order valence-corrected chi connectivity index (χ4v) is 5.84. The van der Waals surface area contributed by atoms with Crippen molar-refractivity contribution in [2.45, 2.75) is 37.6 Å². The van der Waals surface area contributed by atoms with E-state index in [4.69, 9.17) is 0 Å². The van der Waals surface area contributed by atoms with Crippen LogP contribution in [-0.4, -0.2) is 59.2 Å². The summed E-state index contributed by atoms with van der Waals surface area (Å²) in [5.74, 6) is -3.75. The Balaban J connectivity index is 1.14. The third-order valence-corrected chi connectivity index (χ3v) is 7.91. The number of hydrogen-bond acceptors (Lipinski definition) is 3. The fourth-order valence-electron chi connectivity index (χ4n) is 5.84. The van der Waals surface area contributed by atoms with Gasteiger partial charge in [-0.1, -0.05) is 18.2 Å². The van der Waals surface area contributed by atoms with E-state index >= 15 is 0 Å². The first-order valence-electron chi connectivity index (χ1n) is 12.8. The molecule has 0 bridgehead atoms. The molecule has 0 unspecified atom stereocenters. The number of nitrogens with zero attached hydrogens (tertiary/aromatic N) is 2. The number of nitrogens with one attached hydrogen (secondary N) is 1. The number of amides is 1. The average molecular weight is 510 g/mol. The molecule has 2 saturated heterocycles. The number of fused-ring (bicyclic) bond motifs is 1. The quantitative estimate of drug-likeness (QED) is 0.279. The van der Waals surface area contributed by atoms with Gasteiger partial charge in [0.15, 0.2) is 17.5 Å². The number of aromatic amines is 1. The molecule has 2 aliphatic rings. The molecular weight excluding hydrogens is 479 g/mol. The summed E-state index contributed by atoms with van der Waals surface area (Å²) in [6.07, 6.45) is 9.14. The van der Waals surface area contributed by atoms with Crippen molar-refractivity contribution in [1.29, 1.82) is 0 Å². The summed E-state index contributed by atoms with van der Waals surface area (Å²) in [7, 11) is 0. The van der Waals surface area contributed by atoms with Crippen molar-refractivity contribution in [3.05, 3.63) is 77.2 Å². The molecule has 194 valence electrons. The number of rotatable bonds is 6. The molecule has 1 aromatic heterocycles. The summed E-state index contributed by atoms with van der Waals surface area (Å²) >= 11 is 0. The maximum absolute atomic E-state index is 13.4. The third kappa shape index (κ3) is 5.34. The zero-order valence-corrected chi connectivity index (χ0v) is 20.5. The minimum Gasteiger partial charge on any atom is -0.361 e. The second kappa shape index (κ2) is 10.9. The van der Waals surface area contributed by atoms with Crippen LogP contribution in [-0.2, 0) is 9.59 Å². The SMILES string of the molecule is O=C[C@H](C1CCN(C(=O)/C=C/c2cc(F)c(F)c(F)c2)CC1)N1CCC(c2c[nH]c3ccccc23)CC1. The van der Waals surface area contributed by atoms with Gasteiger partial charge in [0.25, 0.3) is 0 Å². The normalized spacial score (nSPS) is 19.1. The summed E-state index contributed by atoms with van der Waals surface area (Å²) in [5, 5.41) is 1.27. The molecule has 0 spiro atoms. The highest BCUT2D eigenvalue weighted by Crippen LogP contribution is 2.35. The van der Waals surface area contributed by atoms with Crippen LogP contribution in [0.25, 0.3) is 17.0 Å². The van der Waals surface area contributed by atoms with E-state index in [9.17, 15) is 22.8 Å². The second-order valence-corrected chi connectivity index (χ2v) is 10.0. The lowest BCUT2D eigenvalue weighted by molar-refractivity contribution is -0.128. The molecule has 5 nitrogen and oxygen atoms in total. The van der Waals surface area contributed by atoms with Gasteiger partial charge >= 0.3 is 0 Å². The predicted octanol–water partition coefficient (Wildman–Crippen LogP) is 5.28. The minimum atomic E-state index is -1.53. The second-order valence-electron chi connectivity index (χ2n) is 10.0. The molecule has 0 radical (unpaired) electrons. The Labute approximate surface area is 213 Å². The summed E-state index contributed by atoms with van der Waals surface area (Å²) in [5.41, 5.74) is 2.58. The van der Waals surface area contributed by atoms with Gasteiger partial charge in [0.05, 0.1) is 6.04 Å². The lowest BCUT2D eigenvalue weighted by Crippen LogP contribution is -2.49. The smallest absolute Gasteiger partial charge is 0.246 e. The summed E-state index contributed by atoms with van der Waals surface area (Å²) < 4.78 is 39.9. The zero-order chi connectivity index (χ0) is 25.9. The van der Waals surface area contributed by atoms with Crippen LogP contribution >= 0.6 is 0 Å². The minimum absolute atomic E-state index is 0.0803. The van der Waals surface area contributed by atoms with Crippen molar-refractivity contribution in [3.63, 3.8) is 0 Å². The number of aromatic nitrogens is 1. The van der Waals surface area contributed by atoms with Crippen molar-refractivity contribution in [1.82, 2.24) is 14.8 Å². The number of piperidine rings is 2. The van der Waals surface area contributed by atoms with Gasteiger partial charge in [-0.25, -0.2) is 13.2 Å². The first kappa shape index (κ1) is 25.3. The first-order valence-corrected chi connectivity index (χ1v) is 12.8. The van der Waals surface area contributed by atoms with Crippen molar-refractivity contribution in [3.8, 4) is 0 Å². The van der Waals surface area contributed by atoms with Crippen LogP contribution in [0.2, 0.25) is 0 Å². The van der Waals surface area contributed by atoms with E-state index in [1.54, 1.807) is 4.90 Å². The van der Waals surface area contributed by atoms with Gasteiger partial charge in [-0.05, 0) is 86.0 Å². The summed E-state index contributed by atoms with van der Waals surface area (Å²) in [4.78, 5) is 32.0. The molecule has 2 aliphatic heterocycles. The van der Waals surface area contributed by atoms with Crippen LogP contribution in [0.5, 0.6) is 0 Å². The molecule has 0 aliphatic carbocycles. The summed E-state index contributed by atoms with van der Waals surface area (Å²) in [6.45, 7) is 2.74. The maximum Gasteiger partial charge on any atom is 0.246 e. The highest BCUT2D eigenvalue weighted by molar-refractivity contribution is 5.91. The van der Waals surface area contributed by atoms with Gasteiger partial charge in [-0.3, -0.25) is 9.69 Å². The van der Waals surface area contributed by atoms with E-state index < -0.39 is 17.5 Å². The number of carbonyl (C=O) groups is 2. The Hall–Kier alpha value is -3.39. The van der Waals surface area contributed by atoms with Crippen LogP contribution in [0, 0.1) is 23.4 Å². The molecular formula is C29H30F3N3O2. The van der Waals surface area contributed by atoms with E-state index in [1.807, 2.05) is 6.07 Å². The Bertz CT molecular complexity index is 1280. The molecule has 3 heterocycles. The van der Waals surface area contributed by atoms with Crippen LogP contribution in [0.15, 0.2) is 48.7 Å².